The van der Waals surface area contributed by atoms with Gasteiger partial charge in [-0.15, -0.1) is 11.8 Å². The minimum atomic E-state index is -0.00576. The third-order valence-corrected chi connectivity index (χ3v) is 5.89. The number of aliphatic hydroxyl groups is 1. The predicted molar refractivity (Wildman–Crippen MR) is 105 cm³/mol. The number of nitrogens with zero attached hydrogens (tertiary/aromatic N) is 1. The fourth-order valence-electron chi connectivity index (χ4n) is 3.43. The number of likely N-dealkylation sites (tertiary alicyclic amines) is 1. The van der Waals surface area contributed by atoms with Crippen LogP contribution in [0.2, 0.25) is 0 Å². The van der Waals surface area contributed by atoms with Crippen molar-refractivity contribution in [2.45, 2.75) is 63.0 Å². The highest BCUT2D eigenvalue weighted by Gasteiger charge is 2.24. The molecule has 1 saturated heterocycles. The first-order valence-corrected chi connectivity index (χ1v) is 10.3. The smallest absolute Gasteiger partial charge is 0.103 e. The van der Waals surface area contributed by atoms with Crippen LogP contribution in [0.5, 0.6) is 0 Å². The Morgan fingerprint density at radius 2 is 2.38 bits per heavy atom. The zero-order valence-electron chi connectivity index (χ0n) is 14.9. The molecule has 5 heteroatoms. The Morgan fingerprint density at radius 3 is 3.04 bits per heavy atom. The van der Waals surface area contributed by atoms with Gasteiger partial charge in [0.2, 0.25) is 0 Å². The van der Waals surface area contributed by atoms with Crippen molar-refractivity contribution in [2.24, 2.45) is 5.73 Å². The molecule has 0 saturated carbocycles. The first kappa shape index (κ1) is 19.6. The van der Waals surface area contributed by atoms with E-state index in [1.165, 1.54) is 18.4 Å². The third kappa shape index (κ3) is 5.66. The molecule has 24 heavy (non-hydrogen) atoms. The van der Waals surface area contributed by atoms with Gasteiger partial charge in [-0.25, -0.2) is 0 Å². The monoisotopic (exact) mass is 351 g/mol. The molecule has 0 spiro atoms. The molecule has 3 atom stereocenters. The Balaban J connectivity index is 1.87. The van der Waals surface area contributed by atoms with Crippen LogP contribution in [0.25, 0.3) is 0 Å². The zero-order chi connectivity index (χ0) is 17.4. The van der Waals surface area contributed by atoms with Gasteiger partial charge in [-0.3, -0.25) is 5.32 Å². The number of rotatable bonds is 9. The molecule has 2 aliphatic rings. The number of aliphatic hydroxyl groups excluding tert-OH is 1. The van der Waals surface area contributed by atoms with Crippen LogP contribution in [0.1, 0.15) is 45.4 Å². The first-order valence-electron chi connectivity index (χ1n) is 9.24. The highest BCUT2D eigenvalue weighted by molar-refractivity contribution is 7.99. The van der Waals surface area contributed by atoms with Crippen molar-refractivity contribution in [2.75, 3.05) is 18.9 Å². The number of thioether (sulfide) groups is 1. The standard InChI is InChI=1S/C19H33N3OS/c1-3-14-24-19(20)21-17-9-7-16(8-10-17)15(2)22-12-5-4-6-18(22)11-13-23/h7-9,17-19,21,23H,2-6,10-14,20H2,1H3. The summed E-state index contributed by atoms with van der Waals surface area (Å²) in [5, 5.41) is 12.8. The minimum absolute atomic E-state index is 0.00576. The largest absolute Gasteiger partial charge is 0.396 e. The van der Waals surface area contributed by atoms with Crippen LogP contribution in [-0.4, -0.2) is 46.5 Å². The molecule has 0 aromatic carbocycles. The Labute approximate surface area is 151 Å². The molecule has 2 rings (SSSR count). The second-order valence-electron chi connectivity index (χ2n) is 6.62. The van der Waals surface area contributed by atoms with E-state index in [1.54, 1.807) is 11.8 Å². The Hall–Kier alpha value is -0.750. The quantitative estimate of drug-likeness (QED) is 0.558. The van der Waals surface area contributed by atoms with Crippen LogP contribution in [0.3, 0.4) is 0 Å². The van der Waals surface area contributed by atoms with E-state index in [-0.39, 0.29) is 12.1 Å². The Kier molecular flexibility index (Phi) is 8.39. The lowest BCUT2D eigenvalue weighted by Gasteiger charge is -2.39. The zero-order valence-corrected chi connectivity index (χ0v) is 15.7. The lowest BCUT2D eigenvalue weighted by atomic mass is 9.95. The molecule has 1 aliphatic carbocycles. The van der Waals surface area contributed by atoms with Crippen molar-refractivity contribution in [3.8, 4) is 0 Å². The molecule has 136 valence electrons. The maximum absolute atomic E-state index is 9.30. The first-order chi connectivity index (χ1) is 11.7. The van der Waals surface area contributed by atoms with E-state index < -0.39 is 0 Å². The van der Waals surface area contributed by atoms with Gasteiger partial charge >= 0.3 is 0 Å². The van der Waals surface area contributed by atoms with Crippen molar-refractivity contribution in [1.82, 2.24) is 10.2 Å². The van der Waals surface area contributed by atoms with Crippen LogP contribution >= 0.6 is 11.8 Å². The average Bonchev–Trinajstić information content (AvgIpc) is 2.61. The van der Waals surface area contributed by atoms with Gasteiger partial charge in [-0.05, 0) is 49.9 Å². The number of hydrogen-bond acceptors (Lipinski definition) is 5. The minimum Gasteiger partial charge on any atom is -0.396 e. The fourth-order valence-corrected chi connectivity index (χ4v) is 4.19. The summed E-state index contributed by atoms with van der Waals surface area (Å²) in [6.45, 7) is 7.81. The van der Waals surface area contributed by atoms with Gasteiger partial charge in [-0.2, -0.15) is 0 Å². The lowest BCUT2D eigenvalue weighted by Crippen LogP contribution is -2.42. The van der Waals surface area contributed by atoms with Crippen molar-refractivity contribution >= 4 is 11.8 Å². The maximum Gasteiger partial charge on any atom is 0.103 e. The van der Waals surface area contributed by atoms with Crippen LogP contribution in [0.4, 0.5) is 0 Å². The summed E-state index contributed by atoms with van der Waals surface area (Å²) in [6, 6.07) is 0.732. The van der Waals surface area contributed by atoms with Gasteiger partial charge in [0, 0.05) is 30.9 Å². The molecule has 0 radical (unpaired) electrons. The normalized spacial score (nSPS) is 25.5. The molecule has 4 nitrogen and oxygen atoms in total. The number of piperidine rings is 1. The molecule has 1 heterocycles. The van der Waals surface area contributed by atoms with Gasteiger partial charge in [0.15, 0.2) is 0 Å². The number of allylic oxidation sites excluding steroid dienone is 1. The van der Waals surface area contributed by atoms with Crippen LogP contribution < -0.4 is 11.1 Å². The summed E-state index contributed by atoms with van der Waals surface area (Å²) >= 11 is 1.77. The van der Waals surface area contributed by atoms with Crippen molar-refractivity contribution in [3.63, 3.8) is 0 Å². The molecule has 3 unspecified atom stereocenters. The topological polar surface area (TPSA) is 61.5 Å². The highest BCUT2D eigenvalue weighted by Crippen LogP contribution is 2.28. The van der Waals surface area contributed by atoms with Gasteiger partial charge in [0.05, 0.1) is 0 Å². The van der Waals surface area contributed by atoms with E-state index in [9.17, 15) is 5.11 Å². The summed E-state index contributed by atoms with van der Waals surface area (Å²) in [5.41, 5.74) is 8.42. The second-order valence-corrected chi connectivity index (χ2v) is 7.87. The molecular weight excluding hydrogens is 318 g/mol. The molecule has 0 aromatic rings. The number of nitrogens with two attached hydrogens (primary N) is 1. The highest BCUT2D eigenvalue weighted by atomic mass is 32.2. The van der Waals surface area contributed by atoms with E-state index in [0.717, 1.165) is 43.7 Å². The summed E-state index contributed by atoms with van der Waals surface area (Å²) in [7, 11) is 0. The van der Waals surface area contributed by atoms with Gasteiger partial charge in [0.1, 0.15) is 5.50 Å². The van der Waals surface area contributed by atoms with E-state index in [0.29, 0.717) is 12.1 Å². The van der Waals surface area contributed by atoms with Crippen molar-refractivity contribution in [1.29, 1.82) is 0 Å². The van der Waals surface area contributed by atoms with Crippen LogP contribution in [0, 0.1) is 0 Å². The van der Waals surface area contributed by atoms with E-state index >= 15 is 0 Å². The van der Waals surface area contributed by atoms with Gasteiger partial charge in [-0.1, -0.05) is 31.7 Å². The van der Waals surface area contributed by atoms with E-state index in [4.69, 9.17) is 5.73 Å². The van der Waals surface area contributed by atoms with Crippen molar-refractivity contribution in [3.05, 3.63) is 36.1 Å². The lowest BCUT2D eigenvalue weighted by molar-refractivity contribution is 0.157. The molecular formula is C19H33N3OS. The van der Waals surface area contributed by atoms with Gasteiger partial charge in [0.25, 0.3) is 0 Å². The summed E-state index contributed by atoms with van der Waals surface area (Å²) in [4.78, 5) is 2.40. The molecule has 0 aromatic heterocycles. The predicted octanol–water partition coefficient (Wildman–Crippen LogP) is 2.97. The van der Waals surface area contributed by atoms with Crippen LogP contribution in [-0.2, 0) is 0 Å². The maximum atomic E-state index is 9.30. The molecule has 4 N–H and O–H groups in total. The summed E-state index contributed by atoms with van der Waals surface area (Å²) in [6.07, 6.45) is 13.2. The SMILES string of the molecule is C=C(C1=CCC(NC(N)SCCC)C=C1)N1CCCCC1CCO. The van der Waals surface area contributed by atoms with E-state index in [1.807, 2.05) is 0 Å². The Bertz CT molecular complexity index is 462. The molecule has 0 bridgehead atoms. The summed E-state index contributed by atoms with van der Waals surface area (Å²) in [5.74, 6) is 1.09. The molecule has 1 fully saturated rings. The van der Waals surface area contributed by atoms with Crippen LogP contribution in [0.15, 0.2) is 36.1 Å². The molecule has 1 aliphatic heterocycles. The third-order valence-electron chi connectivity index (χ3n) is 4.75. The Morgan fingerprint density at radius 1 is 1.54 bits per heavy atom. The van der Waals surface area contributed by atoms with E-state index in [2.05, 4.69) is 41.9 Å². The number of hydrogen-bond donors (Lipinski definition) is 3. The van der Waals surface area contributed by atoms with Crippen molar-refractivity contribution < 1.29 is 5.11 Å². The van der Waals surface area contributed by atoms with Gasteiger partial charge < -0.3 is 15.7 Å². The second kappa shape index (κ2) is 10.3. The number of nitrogens with one attached hydrogen (secondary N) is 1. The average molecular weight is 352 g/mol. The summed E-state index contributed by atoms with van der Waals surface area (Å²) < 4.78 is 0. The molecule has 0 amide bonds. The fraction of sp³-hybridized carbons (Fsp3) is 0.684.